The largest absolute Gasteiger partial charge is 0.398 e. The molecule has 0 aliphatic carbocycles. The van der Waals surface area contributed by atoms with Gasteiger partial charge in [-0.05, 0) is 24.6 Å². The third-order valence-corrected chi connectivity index (χ3v) is 2.77. The molecule has 0 heterocycles. The van der Waals surface area contributed by atoms with Crippen LogP contribution in [0.1, 0.15) is 30.1 Å². The number of nitrogens with two attached hydrogens (primary N) is 1. The number of nitrogens with zero attached hydrogens (tertiary/aromatic N) is 1. The van der Waals surface area contributed by atoms with E-state index in [1.807, 2.05) is 13.0 Å². The van der Waals surface area contributed by atoms with Crippen molar-refractivity contribution in [3.8, 4) is 6.07 Å². The van der Waals surface area contributed by atoms with Crippen molar-refractivity contribution in [2.45, 2.75) is 25.8 Å². The molecule has 1 aromatic rings. The molecule has 0 fully saturated rings. The van der Waals surface area contributed by atoms with Crippen LogP contribution in [0.4, 0.5) is 5.69 Å². The van der Waals surface area contributed by atoms with Gasteiger partial charge in [-0.2, -0.15) is 5.26 Å². The minimum Gasteiger partial charge on any atom is -0.398 e. The Morgan fingerprint density at radius 3 is 2.88 bits per heavy atom. The predicted molar refractivity (Wildman–Crippen MR) is 67.6 cm³/mol. The van der Waals surface area contributed by atoms with Crippen LogP contribution in [0.5, 0.6) is 0 Å². The lowest BCUT2D eigenvalue weighted by molar-refractivity contribution is 0.0936. The Labute approximate surface area is 105 Å². The molecule has 0 saturated heterocycles. The summed E-state index contributed by atoms with van der Waals surface area (Å²) in [5.41, 5.74) is 6.43. The lowest BCUT2D eigenvalue weighted by Crippen LogP contribution is -2.34. The highest BCUT2D eigenvalue weighted by atomic mass is 35.5. The maximum absolute atomic E-state index is 11.8. The molecule has 0 spiro atoms. The van der Waals surface area contributed by atoms with Crippen molar-refractivity contribution >= 4 is 23.2 Å². The number of nitrogen functional groups attached to an aromatic ring is 1. The summed E-state index contributed by atoms with van der Waals surface area (Å²) in [6, 6.07) is 6.61. The lowest BCUT2D eigenvalue weighted by atomic mass is 10.1. The number of anilines is 1. The zero-order valence-electron chi connectivity index (χ0n) is 9.53. The van der Waals surface area contributed by atoms with Crippen molar-refractivity contribution in [1.29, 1.82) is 5.26 Å². The van der Waals surface area contributed by atoms with Gasteiger partial charge in [0.15, 0.2) is 0 Å². The van der Waals surface area contributed by atoms with Gasteiger partial charge in [0.1, 0.15) is 0 Å². The number of hydrogen-bond donors (Lipinski definition) is 2. The Hall–Kier alpha value is -1.73. The van der Waals surface area contributed by atoms with Crippen molar-refractivity contribution in [1.82, 2.24) is 5.32 Å². The van der Waals surface area contributed by atoms with Crippen LogP contribution in [0.2, 0.25) is 5.02 Å². The van der Waals surface area contributed by atoms with E-state index in [1.165, 1.54) is 6.07 Å². The number of halogens is 1. The zero-order valence-corrected chi connectivity index (χ0v) is 10.3. The van der Waals surface area contributed by atoms with Crippen LogP contribution in [0.25, 0.3) is 0 Å². The minimum atomic E-state index is -0.240. The Morgan fingerprint density at radius 2 is 2.35 bits per heavy atom. The molecule has 5 heteroatoms. The van der Waals surface area contributed by atoms with Gasteiger partial charge < -0.3 is 11.1 Å². The van der Waals surface area contributed by atoms with E-state index in [1.54, 1.807) is 12.1 Å². The van der Waals surface area contributed by atoms with Gasteiger partial charge in [0, 0.05) is 11.6 Å². The van der Waals surface area contributed by atoms with Crippen LogP contribution < -0.4 is 11.1 Å². The second-order valence-corrected chi connectivity index (χ2v) is 4.08. The molecule has 0 aromatic heterocycles. The highest BCUT2D eigenvalue weighted by Gasteiger charge is 2.12. The van der Waals surface area contributed by atoms with E-state index in [0.717, 1.165) is 0 Å². The standard InChI is InChI=1S/C12H14ClN3O/c1-2-9(5-6-14)16-12(17)8-3-4-10(13)11(15)7-8/h3-4,7,9H,2,5,15H2,1H3,(H,16,17). The smallest absolute Gasteiger partial charge is 0.251 e. The van der Waals surface area contributed by atoms with E-state index < -0.39 is 0 Å². The van der Waals surface area contributed by atoms with E-state index in [2.05, 4.69) is 5.32 Å². The fourth-order valence-corrected chi connectivity index (χ4v) is 1.48. The second-order valence-electron chi connectivity index (χ2n) is 3.68. The van der Waals surface area contributed by atoms with E-state index in [4.69, 9.17) is 22.6 Å². The normalized spacial score (nSPS) is 11.6. The zero-order chi connectivity index (χ0) is 12.8. The molecule has 1 aromatic carbocycles. The first-order chi connectivity index (χ1) is 8.08. The molecule has 17 heavy (non-hydrogen) atoms. The molecule has 0 aliphatic rings. The molecule has 1 unspecified atom stereocenters. The second kappa shape index (κ2) is 6.12. The summed E-state index contributed by atoms with van der Waals surface area (Å²) in [7, 11) is 0. The first-order valence-electron chi connectivity index (χ1n) is 5.31. The number of nitriles is 1. The van der Waals surface area contributed by atoms with Crippen molar-refractivity contribution in [3.63, 3.8) is 0 Å². The van der Waals surface area contributed by atoms with Crippen LogP contribution in [-0.2, 0) is 0 Å². The summed E-state index contributed by atoms with van der Waals surface area (Å²) in [5.74, 6) is -0.240. The van der Waals surface area contributed by atoms with Crippen molar-refractivity contribution in [2.24, 2.45) is 0 Å². The van der Waals surface area contributed by atoms with Crippen molar-refractivity contribution in [2.75, 3.05) is 5.73 Å². The van der Waals surface area contributed by atoms with E-state index in [-0.39, 0.29) is 11.9 Å². The molecule has 1 amide bonds. The van der Waals surface area contributed by atoms with Crippen LogP contribution >= 0.6 is 11.6 Å². The van der Waals surface area contributed by atoms with Gasteiger partial charge in [-0.3, -0.25) is 4.79 Å². The monoisotopic (exact) mass is 251 g/mol. The maximum atomic E-state index is 11.8. The van der Waals surface area contributed by atoms with E-state index >= 15 is 0 Å². The highest BCUT2D eigenvalue weighted by molar-refractivity contribution is 6.33. The molecular weight excluding hydrogens is 238 g/mol. The van der Waals surface area contributed by atoms with Gasteiger partial charge in [0.25, 0.3) is 5.91 Å². The molecule has 3 N–H and O–H groups in total. The molecular formula is C12H14ClN3O. The number of nitrogens with one attached hydrogen (secondary N) is 1. The number of carbonyl (C=O) groups excluding carboxylic acids is 1. The quantitative estimate of drug-likeness (QED) is 0.806. The lowest BCUT2D eigenvalue weighted by Gasteiger charge is -2.13. The summed E-state index contributed by atoms with van der Waals surface area (Å²) in [6.07, 6.45) is 1.01. The number of rotatable bonds is 4. The molecule has 1 atom stereocenters. The Bertz CT molecular complexity index is 454. The van der Waals surface area contributed by atoms with Crippen molar-refractivity contribution in [3.05, 3.63) is 28.8 Å². The molecule has 1 rings (SSSR count). The summed E-state index contributed by atoms with van der Waals surface area (Å²) < 4.78 is 0. The van der Waals surface area contributed by atoms with Crippen LogP contribution in [0.3, 0.4) is 0 Å². The molecule has 0 saturated carbocycles. The van der Waals surface area contributed by atoms with Crippen LogP contribution in [-0.4, -0.2) is 11.9 Å². The fourth-order valence-electron chi connectivity index (χ4n) is 1.36. The third kappa shape index (κ3) is 3.65. The van der Waals surface area contributed by atoms with Gasteiger partial charge in [0.05, 0.1) is 23.2 Å². The van der Waals surface area contributed by atoms with Gasteiger partial charge in [-0.1, -0.05) is 18.5 Å². The fraction of sp³-hybridized carbons (Fsp3) is 0.333. The molecule has 0 aliphatic heterocycles. The average Bonchev–Trinajstić information content (AvgIpc) is 2.31. The average molecular weight is 252 g/mol. The van der Waals surface area contributed by atoms with E-state index in [0.29, 0.717) is 29.1 Å². The minimum absolute atomic E-state index is 0.135. The Balaban J connectivity index is 2.76. The van der Waals surface area contributed by atoms with Gasteiger partial charge in [-0.15, -0.1) is 0 Å². The molecule has 90 valence electrons. The van der Waals surface area contributed by atoms with E-state index in [9.17, 15) is 4.79 Å². The first-order valence-corrected chi connectivity index (χ1v) is 5.69. The topological polar surface area (TPSA) is 78.9 Å². The summed E-state index contributed by atoms with van der Waals surface area (Å²) in [4.78, 5) is 11.8. The van der Waals surface area contributed by atoms with Gasteiger partial charge in [-0.25, -0.2) is 0 Å². The number of benzene rings is 1. The predicted octanol–water partition coefficient (Wildman–Crippen LogP) is 2.34. The maximum Gasteiger partial charge on any atom is 0.251 e. The highest BCUT2D eigenvalue weighted by Crippen LogP contribution is 2.19. The molecule has 0 bridgehead atoms. The summed E-state index contributed by atoms with van der Waals surface area (Å²) >= 11 is 5.77. The number of hydrogen-bond acceptors (Lipinski definition) is 3. The third-order valence-electron chi connectivity index (χ3n) is 2.42. The van der Waals surface area contributed by atoms with Crippen LogP contribution in [0.15, 0.2) is 18.2 Å². The number of amides is 1. The molecule has 0 radical (unpaired) electrons. The SMILES string of the molecule is CCC(CC#N)NC(=O)c1ccc(Cl)c(N)c1. The van der Waals surface area contributed by atoms with Crippen molar-refractivity contribution < 1.29 is 4.79 Å². The molecule has 4 nitrogen and oxygen atoms in total. The summed E-state index contributed by atoms with van der Waals surface area (Å²) in [5, 5.41) is 11.8. The van der Waals surface area contributed by atoms with Gasteiger partial charge >= 0.3 is 0 Å². The number of carbonyl (C=O) groups is 1. The Morgan fingerprint density at radius 1 is 1.65 bits per heavy atom. The van der Waals surface area contributed by atoms with Gasteiger partial charge in [0.2, 0.25) is 0 Å². The summed E-state index contributed by atoms with van der Waals surface area (Å²) in [6.45, 7) is 1.92. The Kier molecular flexibility index (Phi) is 4.80. The van der Waals surface area contributed by atoms with Crippen LogP contribution in [0, 0.1) is 11.3 Å². The first kappa shape index (κ1) is 13.3.